The van der Waals surface area contributed by atoms with Gasteiger partial charge in [0, 0.05) is 12.4 Å². The standard InChI is InChI=1S/C12H8BrN3/c13-10-8-15-6-5-12(10)16-11-4-2-1-3-9(11)7-14/h1-6,8H,(H,15,16). The predicted octanol–water partition coefficient (Wildman–Crippen LogP) is 3.46. The third-order valence-corrected chi connectivity index (χ3v) is 2.72. The van der Waals surface area contributed by atoms with E-state index in [2.05, 4.69) is 32.3 Å². The van der Waals surface area contributed by atoms with Crippen LogP contribution >= 0.6 is 15.9 Å². The van der Waals surface area contributed by atoms with Crippen molar-refractivity contribution in [3.63, 3.8) is 0 Å². The van der Waals surface area contributed by atoms with Crippen molar-refractivity contribution in [3.05, 3.63) is 52.8 Å². The number of pyridine rings is 1. The molecule has 0 saturated heterocycles. The molecule has 2 rings (SSSR count). The number of nitrogens with zero attached hydrogens (tertiary/aromatic N) is 2. The van der Waals surface area contributed by atoms with E-state index in [1.165, 1.54) is 0 Å². The molecule has 1 N–H and O–H groups in total. The molecular weight excluding hydrogens is 266 g/mol. The number of hydrogen-bond donors (Lipinski definition) is 1. The average molecular weight is 274 g/mol. The van der Waals surface area contributed by atoms with Crippen molar-refractivity contribution in [1.82, 2.24) is 4.98 Å². The van der Waals surface area contributed by atoms with Crippen molar-refractivity contribution in [1.29, 1.82) is 5.26 Å². The highest BCUT2D eigenvalue weighted by Crippen LogP contribution is 2.25. The lowest BCUT2D eigenvalue weighted by Crippen LogP contribution is -1.94. The lowest BCUT2D eigenvalue weighted by atomic mass is 10.2. The van der Waals surface area contributed by atoms with Gasteiger partial charge in [0.05, 0.1) is 21.4 Å². The Morgan fingerprint density at radius 2 is 2.00 bits per heavy atom. The summed E-state index contributed by atoms with van der Waals surface area (Å²) in [6.45, 7) is 0. The summed E-state index contributed by atoms with van der Waals surface area (Å²) in [5.41, 5.74) is 2.29. The molecule has 0 fully saturated rings. The summed E-state index contributed by atoms with van der Waals surface area (Å²) in [6, 6.07) is 11.4. The van der Waals surface area contributed by atoms with Gasteiger partial charge in [0.1, 0.15) is 6.07 Å². The molecule has 16 heavy (non-hydrogen) atoms. The topological polar surface area (TPSA) is 48.7 Å². The molecule has 0 bridgehead atoms. The minimum absolute atomic E-state index is 0.617. The minimum atomic E-state index is 0.617. The van der Waals surface area contributed by atoms with Gasteiger partial charge in [0.2, 0.25) is 0 Å². The molecule has 1 aromatic carbocycles. The highest BCUT2D eigenvalue weighted by atomic mass is 79.9. The zero-order valence-corrected chi connectivity index (χ0v) is 9.90. The number of anilines is 2. The van der Waals surface area contributed by atoms with E-state index >= 15 is 0 Å². The van der Waals surface area contributed by atoms with Crippen molar-refractivity contribution in [2.45, 2.75) is 0 Å². The first-order valence-corrected chi connectivity index (χ1v) is 5.46. The third-order valence-electron chi connectivity index (χ3n) is 2.09. The number of para-hydroxylation sites is 1. The maximum atomic E-state index is 8.95. The first kappa shape index (κ1) is 10.7. The first-order chi connectivity index (χ1) is 7.81. The smallest absolute Gasteiger partial charge is 0.101 e. The van der Waals surface area contributed by atoms with Crippen LogP contribution in [0.3, 0.4) is 0 Å². The van der Waals surface area contributed by atoms with Crippen molar-refractivity contribution < 1.29 is 0 Å². The molecule has 0 spiro atoms. The highest BCUT2D eigenvalue weighted by molar-refractivity contribution is 9.10. The normalized spacial score (nSPS) is 9.50. The summed E-state index contributed by atoms with van der Waals surface area (Å²) in [6.07, 6.45) is 3.40. The summed E-state index contributed by atoms with van der Waals surface area (Å²) in [5, 5.41) is 12.1. The van der Waals surface area contributed by atoms with Gasteiger partial charge in [-0.2, -0.15) is 5.26 Å². The SMILES string of the molecule is N#Cc1ccccc1Nc1ccncc1Br. The van der Waals surface area contributed by atoms with Crippen molar-refractivity contribution in [2.24, 2.45) is 0 Å². The van der Waals surface area contributed by atoms with Gasteiger partial charge in [-0.3, -0.25) is 4.98 Å². The van der Waals surface area contributed by atoms with Gasteiger partial charge in [0.15, 0.2) is 0 Å². The molecule has 0 aliphatic heterocycles. The fourth-order valence-corrected chi connectivity index (χ4v) is 1.66. The van der Waals surface area contributed by atoms with Gasteiger partial charge in [-0.15, -0.1) is 0 Å². The Morgan fingerprint density at radius 3 is 2.75 bits per heavy atom. The number of nitrogens with one attached hydrogen (secondary N) is 1. The fourth-order valence-electron chi connectivity index (χ4n) is 1.31. The molecule has 0 atom stereocenters. The molecule has 0 amide bonds. The van der Waals surface area contributed by atoms with Crippen LogP contribution in [0.15, 0.2) is 47.2 Å². The Labute approximate surface area is 102 Å². The van der Waals surface area contributed by atoms with Gasteiger partial charge in [0.25, 0.3) is 0 Å². The maximum Gasteiger partial charge on any atom is 0.101 e. The fraction of sp³-hybridized carbons (Fsp3) is 0. The van der Waals surface area contributed by atoms with E-state index in [0.717, 1.165) is 15.8 Å². The second-order valence-corrected chi connectivity index (χ2v) is 3.99. The summed E-state index contributed by atoms with van der Waals surface area (Å²) in [4.78, 5) is 3.98. The molecule has 2 aromatic rings. The first-order valence-electron chi connectivity index (χ1n) is 4.67. The van der Waals surface area contributed by atoms with Gasteiger partial charge in [-0.1, -0.05) is 12.1 Å². The van der Waals surface area contributed by atoms with E-state index in [0.29, 0.717) is 5.56 Å². The van der Waals surface area contributed by atoms with Crippen LogP contribution in [0, 0.1) is 11.3 Å². The van der Waals surface area contributed by atoms with Crippen molar-refractivity contribution >= 4 is 27.3 Å². The van der Waals surface area contributed by atoms with Gasteiger partial charge in [-0.25, -0.2) is 0 Å². The van der Waals surface area contributed by atoms with E-state index in [1.54, 1.807) is 18.5 Å². The van der Waals surface area contributed by atoms with E-state index < -0.39 is 0 Å². The molecule has 3 nitrogen and oxygen atoms in total. The molecule has 1 aromatic heterocycles. The highest BCUT2D eigenvalue weighted by Gasteiger charge is 2.03. The molecule has 0 aliphatic rings. The second kappa shape index (κ2) is 4.77. The van der Waals surface area contributed by atoms with Crippen LogP contribution in [-0.4, -0.2) is 4.98 Å². The van der Waals surface area contributed by atoms with Crippen LogP contribution in [0.4, 0.5) is 11.4 Å². The number of nitriles is 1. The molecule has 0 aliphatic carbocycles. The van der Waals surface area contributed by atoms with Gasteiger partial charge in [-0.05, 0) is 34.1 Å². The van der Waals surface area contributed by atoms with Crippen LogP contribution in [0.1, 0.15) is 5.56 Å². The van der Waals surface area contributed by atoms with E-state index in [4.69, 9.17) is 5.26 Å². The van der Waals surface area contributed by atoms with Crippen molar-refractivity contribution in [3.8, 4) is 6.07 Å². The average Bonchev–Trinajstić information content (AvgIpc) is 2.33. The molecule has 78 valence electrons. The largest absolute Gasteiger partial charge is 0.353 e. The van der Waals surface area contributed by atoms with E-state index in [-0.39, 0.29) is 0 Å². The summed E-state index contributed by atoms with van der Waals surface area (Å²) in [5.74, 6) is 0. The lowest BCUT2D eigenvalue weighted by molar-refractivity contribution is 1.30. The predicted molar refractivity (Wildman–Crippen MR) is 66.4 cm³/mol. The lowest BCUT2D eigenvalue weighted by Gasteiger charge is -2.08. The van der Waals surface area contributed by atoms with Crippen LogP contribution in [-0.2, 0) is 0 Å². The minimum Gasteiger partial charge on any atom is -0.353 e. The molecule has 0 radical (unpaired) electrons. The monoisotopic (exact) mass is 273 g/mol. The van der Waals surface area contributed by atoms with Gasteiger partial charge < -0.3 is 5.32 Å². The second-order valence-electron chi connectivity index (χ2n) is 3.14. The molecular formula is C12H8BrN3. The van der Waals surface area contributed by atoms with Crippen LogP contribution in [0.2, 0.25) is 0 Å². The molecule has 0 unspecified atom stereocenters. The summed E-state index contributed by atoms with van der Waals surface area (Å²) < 4.78 is 0.864. The van der Waals surface area contributed by atoms with Crippen LogP contribution in [0.5, 0.6) is 0 Å². The third kappa shape index (κ3) is 2.20. The van der Waals surface area contributed by atoms with Crippen molar-refractivity contribution in [2.75, 3.05) is 5.32 Å². The number of rotatable bonds is 2. The summed E-state index contributed by atoms with van der Waals surface area (Å²) in [7, 11) is 0. The number of hydrogen-bond acceptors (Lipinski definition) is 3. The van der Waals surface area contributed by atoms with E-state index in [1.807, 2.05) is 24.3 Å². The number of aromatic nitrogens is 1. The van der Waals surface area contributed by atoms with Gasteiger partial charge >= 0.3 is 0 Å². The van der Waals surface area contributed by atoms with E-state index in [9.17, 15) is 0 Å². The Kier molecular flexibility index (Phi) is 3.18. The zero-order chi connectivity index (χ0) is 11.4. The number of benzene rings is 1. The number of halogens is 1. The Hall–Kier alpha value is -1.86. The van der Waals surface area contributed by atoms with Crippen LogP contribution in [0.25, 0.3) is 0 Å². The molecule has 0 saturated carbocycles. The Morgan fingerprint density at radius 1 is 1.19 bits per heavy atom. The molecule has 1 heterocycles. The quantitative estimate of drug-likeness (QED) is 0.912. The zero-order valence-electron chi connectivity index (χ0n) is 8.31. The maximum absolute atomic E-state index is 8.95. The Bertz CT molecular complexity index is 546. The van der Waals surface area contributed by atoms with Crippen LogP contribution < -0.4 is 5.32 Å². The summed E-state index contributed by atoms with van der Waals surface area (Å²) >= 11 is 3.39. The Balaban J connectivity index is 2.35. The molecule has 4 heteroatoms.